The highest BCUT2D eigenvalue weighted by atomic mass is 35.5. The minimum absolute atomic E-state index is 0.175. The van der Waals surface area contributed by atoms with Crippen molar-refractivity contribution in [1.29, 1.82) is 0 Å². The first-order valence-electron chi connectivity index (χ1n) is 2.94. The Bertz CT molecular complexity index is 127. The molecule has 0 saturated carbocycles. The van der Waals surface area contributed by atoms with Crippen molar-refractivity contribution in [2.45, 2.75) is 12.4 Å². The molecule has 1 aliphatic rings. The summed E-state index contributed by atoms with van der Waals surface area (Å²) in [5.41, 5.74) is -0.175. The Hall–Kier alpha value is 0.945. The van der Waals surface area contributed by atoms with E-state index in [1.54, 1.807) is 19.8 Å². The van der Waals surface area contributed by atoms with E-state index in [1.807, 2.05) is 6.92 Å². The fourth-order valence-electron chi connectivity index (χ4n) is 0.633. The summed E-state index contributed by atoms with van der Waals surface area (Å²) in [5.74, 6) is 0. The maximum absolute atomic E-state index is 5.77. The van der Waals surface area contributed by atoms with Crippen molar-refractivity contribution in [3.05, 3.63) is 0 Å². The van der Waals surface area contributed by atoms with E-state index in [0.717, 1.165) is 0 Å². The SMILES string of the molecule is CC(Cl)N1[B]N(Cl)[B]N(Cl)[B]1. The first-order chi connectivity index (χ1) is 5.09. The molecule has 0 spiro atoms. The summed E-state index contributed by atoms with van der Waals surface area (Å²) in [6.07, 6.45) is 0. The maximum atomic E-state index is 5.77. The fourth-order valence-corrected chi connectivity index (χ4v) is 1.17. The number of nitrogens with zero attached hydrogens (tertiary/aromatic N) is 3. The molecule has 0 aromatic rings. The van der Waals surface area contributed by atoms with Crippen molar-refractivity contribution in [3.63, 3.8) is 0 Å². The predicted octanol–water partition coefficient (Wildman–Crippen LogP) is 0.401. The van der Waals surface area contributed by atoms with Crippen molar-refractivity contribution in [2.75, 3.05) is 0 Å². The summed E-state index contributed by atoms with van der Waals surface area (Å²) in [6.45, 7) is 1.81. The number of alkyl halides is 1. The van der Waals surface area contributed by atoms with Crippen LogP contribution in [0.5, 0.6) is 0 Å². The lowest BCUT2D eigenvalue weighted by molar-refractivity contribution is 0.593. The van der Waals surface area contributed by atoms with E-state index in [2.05, 4.69) is 0 Å². The summed E-state index contributed by atoms with van der Waals surface area (Å²) in [7, 11) is 4.75. The first-order valence-corrected chi connectivity index (χ1v) is 4.05. The van der Waals surface area contributed by atoms with Crippen LogP contribution in [-0.4, -0.2) is 41.4 Å². The van der Waals surface area contributed by atoms with Crippen LogP contribution in [0.4, 0.5) is 0 Å². The summed E-state index contributed by atoms with van der Waals surface area (Å²) in [4.78, 5) is 0. The lowest BCUT2D eigenvalue weighted by atomic mass is 9.80. The second kappa shape index (κ2) is 4.26. The molecular formula is C2H4B3Cl3N3. The summed E-state index contributed by atoms with van der Waals surface area (Å²) in [6, 6.07) is 0. The van der Waals surface area contributed by atoms with Gasteiger partial charge in [0.2, 0.25) is 0 Å². The van der Waals surface area contributed by atoms with E-state index >= 15 is 0 Å². The van der Waals surface area contributed by atoms with Gasteiger partial charge in [-0.2, -0.15) is 0 Å². The zero-order valence-electron chi connectivity index (χ0n) is 5.78. The molecule has 0 bridgehead atoms. The molecule has 0 amide bonds. The van der Waals surface area contributed by atoms with Crippen LogP contribution < -0.4 is 0 Å². The highest BCUT2D eigenvalue weighted by Crippen LogP contribution is 2.10. The van der Waals surface area contributed by atoms with Crippen LogP contribution in [-0.2, 0) is 0 Å². The Morgan fingerprint density at radius 3 is 1.91 bits per heavy atom. The van der Waals surface area contributed by atoms with Gasteiger partial charge >= 0.3 is 22.6 Å². The largest absolute Gasteiger partial charge is 0.348 e. The number of rotatable bonds is 1. The van der Waals surface area contributed by atoms with Crippen LogP contribution in [0, 0.1) is 0 Å². The van der Waals surface area contributed by atoms with Crippen LogP contribution in [0.15, 0.2) is 0 Å². The molecule has 0 aromatic carbocycles. The minimum Gasteiger partial charge on any atom is -0.348 e. The van der Waals surface area contributed by atoms with Crippen molar-refractivity contribution in [1.82, 2.24) is 13.2 Å². The molecule has 1 heterocycles. The van der Waals surface area contributed by atoms with Crippen LogP contribution >= 0.6 is 35.2 Å². The second-order valence-electron chi connectivity index (χ2n) is 2.06. The molecule has 1 rings (SSSR count). The second-order valence-corrected chi connectivity index (χ2v) is 3.47. The van der Waals surface area contributed by atoms with Gasteiger partial charge in [0.05, 0.1) is 5.50 Å². The highest BCUT2D eigenvalue weighted by molar-refractivity contribution is 6.76. The van der Waals surface area contributed by atoms with Crippen molar-refractivity contribution in [3.8, 4) is 0 Å². The molecule has 1 unspecified atom stereocenters. The van der Waals surface area contributed by atoms with E-state index in [-0.39, 0.29) is 5.50 Å². The third kappa shape index (κ3) is 3.05. The minimum atomic E-state index is -0.175. The molecule has 57 valence electrons. The Morgan fingerprint density at radius 1 is 1.09 bits per heavy atom. The first kappa shape index (κ1) is 10.0. The lowest BCUT2D eigenvalue weighted by Crippen LogP contribution is -2.56. The van der Waals surface area contributed by atoms with Crippen molar-refractivity contribution in [2.24, 2.45) is 0 Å². The Labute approximate surface area is 83.6 Å². The van der Waals surface area contributed by atoms with E-state index < -0.39 is 0 Å². The lowest BCUT2D eigenvalue weighted by Gasteiger charge is -2.34. The van der Waals surface area contributed by atoms with Gasteiger partial charge in [0.25, 0.3) is 0 Å². The molecule has 1 saturated heterocycles. The molecule has 9 heteroatoms. The summed E-state index contributed by atoms with van der Waals surface area (Å²) in [5, 5.41) is 0. The average molecular weight is 209 g/mol. The molecule has 1 aliphatic heterocycles. The maximum Gasteiger partial charge on any atom is 0.321 e. The van der Waals surface area contributed by atoms with Crippen molar-refractivity contribution < 1.29 is 0 Å². The van der Waals surface area contributed by atoms with Crippen LogP contribution in [0.2, 0.25) is 0 Å². The van der Waals surface area contributed by atoms with Gasteiger partial charge in [-0.1, -0.05) is 0 Å². The zero-order chi connectivity index (χ0) is 8.43. The van der Waals surface area contributed by atoms with Crippen molar-refractivity contribution >= 4 is 57.8 Å². The van der Waals surface area contributed by atoms with Gasteiger partial charge in [-0.15, -0.1) is 11.6 Å². The van der Waals surface area contributed by atoms with Gasteiger partial charge < -0.3 is 4.72 Å². The molecule has 1 fully saturated rings. The van der Waals surface area contributed by atoms with E-state index in [4.69, 9.17) is 35.2 Å². The number of hydrogen-bond acceptors (Lipinski definition) is 3. The monoisotopic (exact) mass is 208 g/mol. The molecule has 3 nitrogen and oxygen atoms in total. The number of hydrogen-bond donors (Lipinski definition) is 0. The fraction of sp³-hybridized carbons (Fsp3) is 1.00. The molecule has 0 aromatic heterocycles. The third-order valence-electron chi connectivity index (χ3n) is 1.12. The molecule has 1 atom stereocenters. The van der Waals surface area contributed by atoms with Crippen LogP contribution in [0.1, 0.15) is 6.92 Å². The summed E-state index contributed by atoms with van der Waals surface area (Å²) >= 11 is 17.0. The quantitative estimate of drug-likeness (QED) is 0.268. The van der Waals surface area contributed by atoms with E-state index in [1.165, 1.54) is 16.0 Å². The molecule has 0 N–H and O–H groups in total. The smallest absolute Gasteiger partial charge is 0.321 e. The van der Waals surface area contributed by atoms with Gasteiger partial charge in [0.1, 0.15) is 0 Å². The number of halogens is 3. The van der Waals surface area contributed by atoms with Gasteiger partial charge in [0.15, 0.2) is 0 Å². The van der Waals surface area contributed by atoms with Gasteiger partial charge in [-0.3, -0.25) is 8.48 Å². The third-order valence-corrected chi connectivity index (χ3v) is 1.69. The normalized spacial score (nSPS) is 25.1. The molecule has 0 aliphatic carbocycles. The summed E-state index contributed by atoms with van der Waals surface area (Å²) < 4.78 is 4.26. The zero-order valence-corrected chi connectivity index (χ0v) is 8.05. The Morgan fingerprint density at radius 2 is 1.55 bits per heavy atom. The average Bonchev–Trinajstić information content (AvgIpc) is 1.85. The highest BCUT2D eigenvalue weighted by Gasteiger charge is 2.28. The van der Waals surface area contributed by atoms with Gasteiger partial charge in [-0.25, -0.2) is 0 Å². The van der Waals surface area contributed by atoms with E-state index in [9.17, 15) is 0 Å². The van der Waals surface area contributed by atoms with E-state index in [0.29, 0.717) is 0 Å². The standard InChI is InChI=1S/C2H4B3Cl3N3/c1-2(6)9-3-10(7)5-11(8)4-9/h2H,1H3. The topological polar surface area (TPSA) is 9.72 Å². The molecular weight excluding hydrogens is 205 g/mol. The molecule has 3 radical (unpaired) electrons. The molecule has 11 heavy (non-hydrogen) atoms. The Kier molecular flexibility index (Phi) is 3.88. The van der Waals surface area contributed by atoms with Crippen LogP contribution in [0.25, 0.3) is 0 Å². The predicted molar refractivity (Wildman–Crippen MR) is 49.8 cm³/mol. The van der Waals surface area contributed by atoms with Gasteiger partial charge in [0, 0.05) is 0 Å². The Balaban J connectivity index is 2.43. The van der Waals surface area contributed by atoms with Crippen LogP contribution in [0.3, 0.4) is 0 Å². The van der Waals surface area contributed by atoms with Gasteiger partial charge in [-0.05, 0) is 30.5 Å².